The highest BCUT2D eigenvalue weighted by molar-refractivity contribution is 6.31. The summed E-state index contributed by atoms with van der Waals surface area (Å²) >= 11 is 6.12. The number of benzene rings is 1. The van der Waals surface area contributed by atoms with Crippen LogP contribution in [0.1, 0.15) is 31.7 Å². The lowest BCUT2D eigenvalue weighted by molar-refractivity contribution is 0.282. The van der Waals surface area contributed by atoms with Crippen LogP contribution in [-0.4, -0.2) is 18.2 Å². The molecule has 0 saturated carbocycles. The summed E-state index contributed by atoms with van der Waals surface area (Å²) in [6.07, 6.45) is 3.80. The molecular formula is C14H20ClNO. The maximum absolute atomic E-state index is 9.42. The summed E-state index contributed by atoms with van der Waals surface area (Å²) < 4.78 is 0. The molecule has 0 spiro atoms. The molecule has 0 bridgehead atoms. The van der Waals surface area contributed by atoms with Gasteiger partial charge < -0.3 is 10.0 Å². The zero-order chi connectivity index (χ0) is 12.3. The maximum atomic E-state index is 9.42. The van der Waals surface area contributed by atoms with E-state index in [0.717, 1.165) is 30.3 Å². The van der Waals surface area contributed by atoms with Crippen LogP contribution in [0.3, 0.4) is 0 Å². The molecule has 1 aliphatic rings. The summed E-state index contributed by atoms with van der Waals surface area (Å²) in [5, 5.41) is 10.1. The molecule has 1 aromatic carbocycles. The van der Waals surface area contributed by atoms with E-state index < -0.39 is 0 Å². The maximum Gasteiger partial charge on any atom is 0.0716 e. The van der Waals surface area contributed by atoms with Gasteiger partial charge in [-0.15, -0.1) is 0 Å². The molecule has 2 rings (SSSR count). The average molecular weight is 254 g/mol. The molecule has 1 fully saturated rings. The Labute approximate surface area is 108 Å². The van der Waals surface area contributed by atoms with Crippen LogP contribution in [0.15, 0.2) is 18.2 Å². The minimum absolute atomic E-state index is 0.0178. The first-order valence-electron chi connectivity index (χ1n) is 6.39. The van der Waals surface area contributed by atoms with Crippen molar-refractivity contribution < 1.29 is 5.11 Å². The molecule has 0 aromatic heterocycles. The molecule has 1 aromatic rings. The second kappa shape index (κ2) is 5.74. The van der Waals surface area contributed by atoms with Crippen LogP contribution < -0.4 is 4.90 Å². The summed E-state index contributed by atoms with van der Waals surface area (Å²) in [4.78, 5) is 2.36. The first kappa shape index (κ1) is 12.7. The predicted molar refractivity (Wildman–Crippen MR) is 72.6 cm³/mol. The number of rotatable bonds is 4. The number of nitrogens with zero attached hydrogens (tertiary/aromatic N) is 1. The highest BCUT2D eigenvalue weighted by Crippen LogP contribution is 2.32. The summed E-state index contributed by atoms with van der Waals surface area (Å²) in [6.45, 7) is 4.43. The molecule has 17 heavy (non-hydrogen) atoms. The molecule has 3 heteroatoms. The number of anilines is 1. The van der Waals surface area contributed by atoms with Crippen molar-refractivity contribution in [2.75, 3.05) is 18.0 Å². The van der Waals surface area contributed by atoms with E-state index in [4.69, 9.17) is 11.6 Å². The van der Waals surface area contributed by atoms with Crippen molar-refractivity contribution in [2.45, 2.75) is 32.8 Å². The molecule has 1 N–H and O–H groups in total. The number of hydrogen-bond donors (Lipinski definition) is 1. The third-order valence-corrected chi connectivity index (χ3v) is 3.93. The second-order valence-corrected chi connectivity index (χ2v) is 5.19. The first-order chi connectivity index (χ1) is 8.26. The smallest absolute Gasteiger partial charge is 0.0716 e. The van der Waals surface area contributed by atoms with Crippen molar-refractivity contribution in [2.24, 2.45) is 5.92 Å². The van der Waals surface area contributed by atoms with Gasteiger partial charge in [0.2, 0.25) is 0 Å². The standard InChI is InChI=1S/C14H20ClNO/c1-2-4-11-7-8-16(9-11)14-6-3-5-13(15)12(14)10-17/h3,5-6,11,17H,2,4,7-10H2,1H3. The van der Waals surface area contributed by atoms with E-state index in [1.807, 2.05) is 12.1 Å². The first-order valence-corrected chi connectivity index (χ1v) is 6.77. The normalized spacial score (nSPS) is 19.9. The van der Waals surface area contributed by atoms with Gasteiger partial charge in [0.05, 0.1) is 6.61 Å². The average Bonchev–Trinajstić information content (AvgIpc) is 2.78. The van der Waals surface area contributed by atoms with Crippen LogP contribution in [0.2, 0.25) is 5.02 Å². The van der Waals surface area contributed by atoms with Crippen LogP contribution in [0.5, 0.6) is 0 Å². The molecule has 0 aliphatic carbocycles. The van der Waals surface area contributed by atoms with Crippen LogP contribution >= 0.6 is 11.6 Å². The van der Waals surface area contributed by atoms with Gasteiger partial charge in [0.25, 0.3) is 0 Å². The second-order valence-electron chi connectivity index (χ2n) is 4.79. The SMILES string of the molecule is CCCC1CCN(c2cccc(Cl)c2CO)C1. The van der Waals surface area contributed by atoms with Gasteiger partial charge in [0, 0.05) is 29.4 Å². The van der Waals surface area contributed by atoms with Gasteiger partial charge in [-0.2, -0.15) is 0 Å². The third kappa shape index (κ3) is 2.75. The summed E-state index contributed by atoms with van der Waals surface area (Å²) in [5.41, 5.74) is 1.98. The van der Waals surface area contributed by atoms with Crippen LogP contribution in [0.25, 0.3) is 0 Å². The van der Waals surface area contributed by atoms with E-state index >= 15 is 0 Å². The minimum Gasteiger partial charge on any atom is -0.392 e. The lowest BCUT2D eigenvalue weighted by atomic mass is 10.0. The Kier molecular flexibility index (Phi) is 4.30. The van der Waals surface area contributed by atoms with E-state index in [1.165, 1.54) is 19.3 Å². The van der Waals surface area contributed by atoms with Gasteiger partial charge in [-0.25, -0.2) is 0 Å². The molecule has 1 aliphatic heterocycles. The van der Waals surface area contributed by atoms with Gasteiger partial charge in [-0.05, 0) is 30.9 Å². The molecule has 2 nitrogen and oxygen atoms in total. The van der Waals surface area contributed by atoms with Gasteiger partial charge in [-0.1, -0.05) is 31.0 Å². The lowest BCUT2D eigenvalue weighted by Crippen LogP contribution is -2.21. The van der Waals surface area contributed by atoms with E-state index in [9.17, 15) is 5.11 Å². The van der Waals surface area contributed by atoms with Crippen molar-refractivity contribution in [1.82, 2.24) is 0 Å². The number of hydrogen-bond acceptors (Lipinski definition) is 2. The fourth-order valence-electron chi connectivity index (χ4n) is 2.70. The zero-order valence-corrected chi connectivity index (χ0v) is 11.1. The van der Waals surface area contributed by atoms with E-state index in [-0.39, 0.29) is 6.61 Å². The lowest BCUT2D eigenvalue weighted by Gasteiger charge is -2.22. The zero-order valence-electron chi connectivity index (χ0n) is 10.3. The quantitative estimate of drug-likeness (QED) is 0.888. The molecule has 1 heterocycles. The Balaban J connectivity index is 2.15. The molecule has 0 amide bonds. The fourth-order valence-corrected chi connectivity index (χ4v) is 2.92. The van der Waals surface area contributed by atoms with E-state index in [2.05, 4.69) is 17.9 Å². The van der Waals surface area contributed by atoms with Crippen molar-refractivity contribution in [3.05, 3.63) is 28.8 Å². The summed E-state index contributed by atoms with van der Waals surface area (Å²) in [7, 11) is 0. The molecular weight excluding hydrogens is 234 g/mol. The summed E-state index contributed by atoms with van der Waals surface area (Å²) in [5.74, 6) is 0.797. The van der Waals surface area contributed by atoms with Crippen molar-refractivity contribution >= 4 is 17.3 Å². The monoisotopic (exact) mass is 253 g/mol. The highest BCUT2D eigenvalue weighted by Gasteiger charge is 2.23. The number of halogens is 1. The topological polar surface area (TPSA) is 23.5 Å². The van der Waals surface area contributed by atoms with Crippen molar-refractivity contribution in [3.8, 4) is 0 Å². The van der Waals surface area contributed by atoms with Crippen LogP contribution in [0.4, 0.5) is 5.69 Å². The molecule has 0 radical (unpaired) electrons. The van der Waals surface area contributed by atoms with E-state index in [1.54, 1.807) is 0 Å². The largest absolute Gasteiger partial charge is 0.392 e. The molecule has 1 atom stereocenters. The van der Waals surface area contributed by atoms with Crippen LogP contribution in [-0.2, 0) is 6.61 Å². The fraction of sp³-hybridized carbons (Fsp3) is 0.571. The Morgan fingerprint density at radius 1 is 1.47 bits per heavy atom. The highest BCUT2D eigenvalue weighted by atomic mass is 35.5. The molecule has 94 valence electrons. The third-order valence-electron chi connectivity index (χ3n) is 3.58. The van der Waals surface area contributed by atoms with E-state index in [0.29, 0.717) is 5.02 Å². The van der Waals surface area contributed by atoms with Gasteiger partial charge in [0.15, 0.2) is 0 Å². The Hall–Kier alpha value is -0.730. The Morgan fingerprint density at radius 2 is 2.29 bits per heavy atom. The predicted octanol–water partition coefficient (Wildman–Crippen LogP) is 3.46. The minimum atomic E-state index is 0.0178. The number of aliphatic hydroxyl groups excluding tert-OH is 1. The molecule has 1 unspecified atom stereocenters. The number of aliphatic hydroxyl groups is 1. The summed E-state index contributed by atoms with van der Waals surface area (Å²) in [6, 6.07) is 5.87. The Morgan fingerprint density at radius 3 is 3.00 bits per heavy atom. The van der Waals surface area contributed by atoms with Gasteiger partial charge in [-0.3, -0.25) is 0 Å². The van der Waals surface area contributed by atoms with Gasteiger partial charge >= 0.3 is 0 Å². The van der Waals surface area contributed by atoms with Gasteiger partial charge in [0.1, 0.15) is 0 Å². The van der Waals surface area contributed by atoms with Crippen molar-refractivity contribution in [3.63, 3.8) is 0 Å². The molecule has 1 saturated heterocycles. The Bertz CT molecular complexity index is 380. The van der Waals surface area contributed by atoms with Crippen molar-refractivity contribution in [1.29, 1.82) is 0 Å². The van der Waals surface area contributed by atoms with Crippen LogP contribution in [0, 0.1) is 5.92 Å².